The van der Waals surface area contributed by atoms with Crippen LogP contribution in [0.5, 0.6) is 0 Å². The van der Waals surface area contributed by atoms with Gasteiger partial charge >= 0.3 is 0 Å². The number of aryl methyl sites for hydroxylation is 1. The molecule has 2 heterocycles. The van der Waals surface area contributed by atoms with Crippen LogP contribution >= 0.6 is 0 Å². The van der Waals surface area contributed by atoms with E-state index in [0.717, 1.165) is 6.54 Å². The summed E-state index contributed by atoms with van der Waals surface area (Å²) in [6.45, 7) is 3.50. The van der Waals surface area contributed by atoms with Gasteiger partial charge in [0.15, 0.2) is 0 Å². The molecule has 8 nitrogen and oxygen atoms in total. The van der Waals surface area contributed by atoms with E-state index in [2.05, 4.69) is 36.5 Å². The van der Waals surface area contributed by atoms with Crippen LogP contribution in [0.15, 0.2) is 24.3 Å². The van der Waals surface area contributed by atoms with Crippen molar-refractivity contribution < 1.29 is 29.3 Å². The molecule has 4 atom stereocenters. The summed E-state index contributed by atoms with van der Waals surface area (Å²) in [7, 11) is 1.92. The number of ether oxygens (including phenoxy) is 2. The summed E-state index contributed by atoms with van der Waals surface area (Å²) in [4.78, 5) is 22.5. The van der Waals surface area contributed by atoms with Crippen molar-refractivity contribution in [3.05, 3.63) is 35.4 Å². The molecule has 0 unspecified atom stereocenters. The molecule has 2 saturated heterocycles. The number of hydrogen-bond acceptors (Lipinski definition) is 6. The maximum atomic E-state index is 12.2. The van der Waals surface area contributed by atoms with E-state index in [0.29, 0.717) is 13.2 Å². The lowest BCUT2D eigenvalue weighted by Crippen LogP contribution is -2.47. The van der Waals surface area contributed by atoms with Gasteiger partial charge in [-0.3, -0.25) is 14.5 Å². The fraction of sp³-hybridized carbons (Fsp3) is 0.556. The lowest BCUT2D eigenvalue weighted by molar-refractivity contribution is -0.124. The van der Waals surface area contributed by atoms with Gasteiger partial charge in [0.2, 0.25) is 5.91 Å². The highest BCUT2D eigenvalue weighted by Gasteiger charge is 2.47. The molecule has 0 aromatic heterocycles. The predicted octanol–water partition coefficient (Wildman–Crippen LogP) is -0.229. The van der Waals surface area contributed by atoms with Crippen molar-refractivity contribution in [2.45, 2.75) is 37.8 Å². The maximum Gasteiger partial charge on any atom is 0.290 e. The van der Waals surface area contributed by atoms with Gasteiger partial charge in [-0.05, 0) is 19.5 Å². The van der Waals surface area contributed by atoms with Crippen molar-refractivity contribution in [3.63, 3.8) is 0 Å². The van der Waals surface area contributed by atoms with E-state index in [1.54, 1.807) is 0 Å². The number of nitrogens with zero attached hydrogens (tertiary/aromatic N) is 1. The zero-order valence-electron chi connectivity index (χ0n) is 15.0. The number of aliphatic hydroxyl groups excluding tert-OH is 1. The first-order chi connectivity index (χ1) is 12.4. The van der Waals surface area contributed by atoms with Gasteiger partial charge in [-0.15, -0.1) is 0 Å². The lowest BCUT2D eigenvalue weighted by Gasteiger charge is -2.20. The maximum absolute atomic E-state index is 12.2. The summed E-state index contributed by atoms with van der Waals surface area (Å²) in [5.74, 6) is -0.0566. The quantitative estimate of drug-likeness (QED) is 0.618. The number of benzene rings is 1. The van der Waals surface area contributed by atoms with Crippen molar-refractivity contribution in [1.82, 2.24) is 10.2 Å². The molecule has 0 bridgehead atoms. The van der Waals surface area contributed by atoms with Crippen LogP contribution in [0.4, 0.5) is 0 Å². The van der Waals surface area contributed by atoms with Crippen molar-refractivity contribution >= 4 is 12.4 Å². The fourth-order valence-corrected chi connectivity index (χ4v) is 3.16. The molecule has 3 N–H and O–H groups in total. The minimum atomic E-state index is -0.592. The summed E-state index contributed by atoms with van der Waals surface area (Å²) < 4.78 is 11.0. The highest BCUT2D eigenvalue weighted by Crippen LogP contribution is 2.26. The number of carboxylic acid groups (broad SMARTS) is 1. The predicted molar refractivity (Wildman–Crippen MR) is 93.6 cm³/mol. The first kappa shape index (κ1) is 20.3. The molecule has 1 aromatic rings. The molecule has 2 aliphatic heterocycles. The highest BCUT2D eigenvalue weighted by atomic mass is 16.6. The van der Waals surface area contributed by atoms with Crippen LogP contribution in [-0.4, -0.2) is 78.7 Å². The van der Waals surface area contributed by atoms with Crippen LogP contribution < -0.4 is 5.32 Å². The fourth-order valence-electron chi connectivity index (χ4n) is 3.16. The molecule has 1 aromatic carbocycles. The van der Waals surface area contributed by atoms with E-state index in [4.69, 9.17) is 19.4 Å². The van der Waals surface area contributed by atoms with Crippen molar-refractivity contribution in [2.24, 2.45) is 0 Å². The molecule has 0 saturated carbocycles. The van der Waals surface area contributed by atoms with Gasteiger partial charge in [0.1, 0.15) is 18.3 Å². The number of likely N-dealkylation sites (N-methyl/N-ethyl adjacent to an activating group) is 1. The van der Waals surface area contributed by atoms with Gasteiger partial charge in [-0.2, -0.15) is 0 Å². The van der Waals surface area contributed by atoms with Gasteiger partial charge in [0.05, 0.1) is 25.8 Å². The number of nitrogens with one attached hydrogen (secondary N) is 1. The van der Waals surface area contributed by atoms with Gasteiger partial charge < -0.3 is 25.0 Å². The summed E-state index contributed by atoms with van der Waals surface area (Å²) in [5, 5.41) is 19.6. The molecule has 26 heavy (non-hydrogen) atoms. The van der Waals surface area contributed by atoms with E-state index in [1.807, 2.05) is 11.9 Å². The van der Waals surface area contributed by atoms with Crippen LogP contribution in [0, 0.1) is 6.92 Å². The standard InChI is InChI=1S/C17H24N2O4.CH2O2/c1-11-3-5-12(6-4-11)7-19(2)8-15(21)18-13-9-22-17-14(20)10-23-16(13)17;2-1-3/h3-6,13-14,16-17,20H,7-10H2,1-2H3,(H,18,21);1H,(H,2,3)/t13-,14+,16+,17+;/m0./s1. The van der Waals surface area contributed by atoms with E-state index in [1.165, 1.54) is 11.1 Å². The molecular formula is C18H26N2O6. The highest BCUT2D eigenvalue weighted by molar-refractivity contribution is 5.78. The SMILES string of the molecule is Cc1ccc(CN(C)CC(=O)N[C@H]2CO[C@H]3[C@@H]2OC[C@H]3O)cc1.O=CO. The lowest BCUT2D eigenvalue weighted by atomic mass is 10.1. The van der Waals surface area contributed by atoms with Gasteiger partial charge in [0, 0.05) is 6.54 Å². The smallest absolute Gasteiger partial charge is 0.290 e. The van der Waals surface area contributed by atoms with Gasteiger partial charge in [-0.25, -0.2) is 0 Å². The normalized spacial score (nSPS) is 26.8. The third-order valence-electron chi connectivity index (χ3n) is 4.36. The molecule has 0 radical (unpaired) electrons. The van der Waals surface area contributed by atoms with Crippen molar-refractivity contribution in [3.8, 4) is 0 Å². The van der Waals surface area contributed by atoms with Crippen molar-refractivity contribution in [2.75, 3.05) is 26.8 Å². The van der Waals surface area contributed by atoms with Crippen LogP contribution in [0.2, 0.25) is 0 Å². The molecule has 3 rings (SSSR count). The van der Waals surface area contributed by atoms with Crippen molar-refractivity contribution in [1.29, 1.82) is 0 Å². The number of hydrogen-bond donors (Lipinski definition) is 3. The number of fused-ring (bicyclic) bond motifs is 1. The molecule has 2 fully saturated rings. The second kappa shape index (κ2) is 9.63. The Balaban J connectivity index is 0.000000758. The molecule has 0 spiro atoms. The molecule has 8 heteroatoms. The van der Waals surface area contributed by atoms with E-state index < -0.39 is 6.10 Å². The van der Waals surface area contributed by atoms with Gasteiger partial charge in [0.25, 0.3) is 6.47 Å². The first-order valence-corrected chi connectivity index (χ1v) is 8.47. The van der Waals surface area contributed by atoms with Crippen LogP contribution in [0.25, 0.3) is 0 Å². The van der Waals surface area contributed by atoms with E-state index in [9.17, 15) is 9.90 Å². The summed E-state index contributed by atoms with van der Waals surface area (Å²) in [6, 6.07) is 8.11. The second-order valence-electron chi connectivity index (χ2n) is 6.60. The zero-order valence-corrected chi connectivity index (χ0v) is 15.0. The third-order valence-corrected chi connectivity index (χ3v) is 4.36. The van der Waals surface area contributed by atoms with Crippen LogP contribution in [0.3, 0.4) is 0 Å². The van der Waals surface area contributed by atoms with Crippen LogP contribution in [0.1, 0.15) is 11.1 Å². The van der Waals surface area contributed by atoms with Crippen LogP contribution in [-0.2, 0) is 25.6 Å². The molecule has 144 valence electrons. The monoisotopic (exact) mass is 366 g/mol. The number of aliphatic hydroxyl groups is 1. The Labute approximate surface area is 152 Å². The first-order valence-electron chi connectivity index (χ1n) is 8.47. The largest absolute Gasteiger partial charge is 0.483 e. The third kappa shape index (κ3) is 5.50. The molecule has 1 amide bonds. The molecule has 0 aliphatic carbocycles. The van der Waals surface area contributed by atoms with E-state index >= 15 is 0 Å². The minimum absolute atomic E-state index is 0.0566. The Kier molecular flexibility index (Phi) is 7.52. The minimum Gasteiger partial charge on any atom is -0.483 e. The molecule has 2 aliphatic rings. The zero-order chi connectivity index (χ0) is 19.1. The Morgan fingerprint density at radius 2 is 1.88 bits per heavy atom. The second-order valence-corrected chi connectivity index (χ2v) is 6.60. The topological polar surface area (TPSA) is 108 Å². The number of rotatable bonds is 5. The Hall–Kier alpha value is -2.00. The summed E-state index contributed by atoms with van der Waals surface area (Å²) in [6.07, 6.45) is -1.15. The number of carbonyl (C=O) groups is 2. The number of amides is 1. The Bertz CT molecular complexity index is 594. The van der Waals surface area contributed by atoms with Gasteiger partial charge in [-0.1, -0.05) is 29.8 Å². The summed E-state index contributed by atoms with van der Waals surface area (Å²) in [5.41, 5.74) is 2.40. The Morgan fingerprint density at radius 1 is 1.27 bits per heavy atom. The summed E-state index contributed by atoms with van der Waals surface area (Å²) >= 11 is 0. The Morgan fingerprint density at radius 3 is 2.54 bits per heavy atom. The average molecular weight is 366 g/mol. The van der Waals surface area contributed by atoms with E-state index in [-0.39, 0.29) is 37.2 Å². The number of carbonyl (C=O) groups excluding carboxylic acids is 1. The average Bonchev–Trinajstić information content (AvgIpc) is 3.14. The molecular weight excluding hydrogens is 340 g/mol.